The SMILES string of the molecule is O=S(=O)(NCc1ccc(C(F)(F)F)cc1)C1COC1. The van der Waals surface area contributed by atoms with E-state index in [9.17, 15) is 21.6 Å². The van der Waals surface area contributed by atoms with Gasteiger partial charge in [-0.1, -0.05) is 12.1 Å². The minimum Gasteiger partial charge on any atom is -0.378 e. The minimum atomic E-state index is -4.39. The second-order valence-electron chi connectivity index (χ2n) is 4.22. The third-order valence-corrected chi connectivity index (χ3v) is 4.50. The van der Waals surface area contributed by atoms with Crippen LogP contribution >= 0.6 is 0 Å². The molecule has 0 amide bonds. The Hall–Kier alpha value is -1.12. The topological polar surface area (TPSA) is 55.4 Å². The number of ether oxygens (including phenoxy) is 1. The van der Waals surface area contributed by atoms with E-state index >= 15 is 0 Å². The number of rotatable bonds is 4. The molecule has 1 N–H and O–H groups in total. The molecule has 4 nitrogen and oxygen atoms in total. The zero-order valence-electron chi connectivity index (χ0n) is 9.77. The molecule has 0 saturated carbocycles. The number of nitrogens with one attached hydrogen (secondary N) is 1. The van der Waals surface area contributed by atoms with Gasteiger partial charge in [-0.3, -0.25) is 0 Å². The van der Waals surface area contributed by atoms with Gasteiger partial charge in [-0.25, -0.2) is 13.1 Å². The Morgan fingerprint density at radius 1 is 1.21 bits per heavy atom. The highest BCUT2D eigenvalue weighted by atomic mass is 32.2. The van der Waals surface area contributed by atoms with Crippen LogP contribution in [-0.2, 0) is 27.5 Å². The Morgan fingerprint density at radius 3 is 2.21 bits per heavy atom. The van der Waals surface area contributed by atoms with E-state index in [4.69, 9.17) is 4.74 Å². The average Bonchev–Trinajstić information content (AvgIpc) is 2.23. The molecule has 1 fully saturated rings. The van der Waals surface area contributed by atoms with Crippen molar-refractivity contribution in [2.24, 2.45) is 0 Å². The molecule has 0 radical (unpaired) electrons. The Bertz CT molecular complexity index is 535. The van der Waals surface area contributed by atoms with E-state index < -0.39 is 27.0 Å². The van der Waals surface area contributed by atoms with Crippen LogP contribution < -0.4 is 4.72 Å². The van der Waals surface area contributed by atoms with Crippen molar-refractivity contribution in [1.29, 1.82) is 0 Å². The molecular formula is C11H12F3NO3S. The molecule has 106 valence electrons. The highest BCUT2D eigenvalue weighted by Crippen LogP contribution is 2.29. The number of hydrogen-bond acceptors (Lipinski definition) is 3. The van der Waals surface area contributed by atoms with Crippen molar-refractivity contribution in [2.75, 3.05) is 13.2 Å². The predicted octanol–water partition coefficient (Wildman–Crippen LogP) is 1.52. The molecule has 1 aromatic rings. The summed E-state index contributed by atoms with van der Waals surface area (Å²) in [6.45, 7) is 0.279. The summed E-state index contributed by atoms with van der Waals surface area (Å²) in [6.07, 6.45) is -4.39. The van der Waals surface area contributed by atoms with Crippen LogP contribution in [0.5, 0.6) is 0 Å². The van der Waals surface area contributed by atoms with Crippen molar-refractivity contribution < 1.29 is 26.3 Å². The first-order valence-corrected chi connectivity index (χ1v) is 7.06. The van der Waals surface area contributed by atoms with Crippen molar-refractivity contribution in [3.05, 3.63) is 35.4 Å². The first-order chi connectivity index (χ1) is 8.79. The standard InChI is InChI=1S/C11H12F3NO3S/c12-11(13,14)9-3-1-8(2-4-9)5-15-19(16,17)10-6-18-7-10/h1-4,10,15H,5-7H2. The monoisotopic (exact) mass is 295 g/mol. The highest BCUT2D eigenvalue weighted by molar-refractivity contribution is 7.90. The van der Waals surface area contributed by atoms with Crippen molar-refractivity contribution >= 4 is 10.0 Å². The molecule has 1 aliphatic rings. The average molecular weight is 295 g/mol. The predicted molar refractivity (Wildman–Crippen MR) is 61.8 cm³/mol. The molecule has 19 heavy (non-hydrogen) atoms. The van der Waals surface area contributed by atoms with Gasteiger partial charge in [-0.15, -0.1) is 0 Å². The van der Waals surface area contributed by atoms with Gasteiger partial charge in [0.25, 0.3) is 0 Å². The van der Waals surface area contributed by atoms with Gasteiger partial charge in [-0.05, 0) is 17.7 Å². The Morgan fingerprint density at radius 2 is 1.79 bits per heavy atom. The van der Waals surface area contributed by atoms with E-state index in [0.717, 1.165) is 12.1 Å². The van der Waals surface area contributed by atoms with Gasteiger partial charge in [0.2, 0.25) is 10.0 Å². The Balaban J connectivity index is 1.97. The highest BCUT2D eigenvalue weighted by Gasteiger charge is 2.32. The maximum Gasteiger partial charge on any atom is 0.416 e. The van der Waals surface area contributed by atoms with Crippen LogP contribution in [0.25, 0.3) is 0 Å². The van der Waals surface area contributed by atoms with E-state index in [0.29, 0.717) is 5.56 Å². The van der Waals surface area contributed by atoms with Crippen LogP contribution in [-0.4, -0.2) is 26.9 Å². The molecule has 1 saturated heterocycles. The zero-order valence-corrected chi connectivity index (χ0v) is 10.6. The van der Waals surface area contributed by atoms with Gasteiger partial charge in [0.1, 0.15) is 5.25 Å². The van der Waals surface area contributed by atoms with Gasteiger partial charge in [0.15, 0.2) is 0 Å². The minimum absolute atomic E-state index is 0.0308. The van der Waals surface area contributed by atoms with Gasteiger partial charge in [0.05, 0.1) is 18.8 Å². The molecule has 0 unspecified atom stereocenters. The molecule has 1 aliphatic heterocycles. The summed E-state index contributed by atoms with van der Waals surface area (Å²) < 4.78 is 67.4. The Labute approximate surface area is 108 Å². The van der Waals surface area contributed by atoms with Crippen molar-refractivity contribution in [2.45, 2.75) is 18.0 Å². The fraction of sp³-hybridized carbons (Fsp3) is 0.455. The van der Waals surface area contributed by atoms with Crippen LogP contribution in [0.3, 0.4) is 0 Å². The van der Waals surface area contributed by atoms with Crippen LogP contribution in [0.4, 0.5) is 13.2 Å². The molecule has 1 heterocycles. The fourth-order valence-electron chi connectivity index (χ4n) is 1.51. The molecule has 0 atom stereocenters. The molecule has 8 heteroatoms. The third-order valence-electron chi connectivity index (χ3n) is 2.81. The molecule has 0 bridgehead atoms. The summed E-state index contributed by atoms with van der Waals surface area (Å²) >= 11 is 0. The first-order valence-electron chi connectivity index (χ1n) is 5.51. The normalized spacial score (nSPS) is 17.2. The molecule has 0 aliphatic carbocycles. The summed E-state index contributed by atoms with van der Waals surface area (Å²) in [6, 6.07) is 4.36. The lowest BCUT2D eigenvalue weighted by Gasteiger charge is -2.25. The number of benzene rings is 1. The Kier molecular flexibility index (Phi) is 3.84. The van der Waals surface area contributed by atoms with E-state index in [1.807, 2.05) is 0 Å². The second-order valence-corrected chi connectivity index (χ2v) is 6.27. The van der Waals surface area contributed by atoms with Crippen LogP contribution in [0, 0.1) is 0 Å². The smallest absolute Gasteiger partial charge is 0.378 e. The fourth-order valence-corrected chi connectivity index (χ4v) is 2.66. The molecule has 2 rings (SSSR count). The van der Waals surface area contributed by atoms with E-state index in [1.54, 1.807) is 0 Å². The second kappa shape index (κ2) is 5.10. The number of alkyl halides is 3. The maximum atomic E-state index is 12.3. The summed E-state index contributed by atoms with van der Waals surface area (Å²) in [7, 11) is -3.46. The molecule has 1 aromatic carbocycles. The lowest BCUT2D eigenvalue weighted by Crippen LogP contribution is -2.46. The molecule has 0 spiro atoms. The van der Waals surface area contributed by atoms with Crippen LogP contribution in [0.2, 0.25) is 0 Å². The van der Waals surface area contributed by atoms with Crippen LogP contribution in [0.15, 0.2) is 24.3 Å². The molecule has 0 aromatic heterocycles. The van der Waals surface area contributed by atoms with Gasteiger partial charge < -0.3 is 4.74 Å². The van der Waals surface area contributed by atoms with Gasteiger partial charge >= 0.3 is 6.18 Å². The van der Waals surface area contributed by atoms with E-state index in [2.05, 4.69) is 4.72 Å². The van der Waals surface area contributed by atoms with Crippen molar-refractivity contribution in [1.82, 2.24) is 4.72 Å². The summed E-state index contributed by atoms with van der Waals surface area (Å²) in [5.74, 6) is 0. The lowest BCUT2D eigenvalue weighted by molar-refractivity contribution is -0.137. The first kappa shape index (κ1) is 14.3. The summed E-state index contributed by atoms with van der Waals surface area (Å²) in [5.41, 5.74) is -0.289. The summed E-state index contributed by atoms with van der Waals surface area (Å²) in [5, 5.41) is -0.568. The molecular weight excluding hydrogens is 283 g/mol. The van der Waals surface area contributed by atoms with Gasteiger partial charge in [-0.2, -0.15) is 13.2 Å². The lowest BCUT2D eigenvalue weighted by atomic mass is 10.1. The zero-order chi connectivity index (χ0) is 14.1. The number of sulfonamides is 1. The summed E-state index contributed by atoms with van der Waals surface area (Å²) in [4.78, 5) is 0. The van der Waals surface area contributed by atoms with Gasteiger partial charge in [0, 0.05) is 6.54 Å². The van der Waals surface area contributed by atoms with Crippen LogP contribution in [0.1, 0.15) is 11.1 Å². The maximum absolute atomic E-state index is 12.3. The van der Waals surface area contributed by atoms with E-state index in [-0.39, 0.29) is 19.8 Å². The van der Waals surface area contributed by atoms with Crippen molar-refractivity contribution in [3.63, 3.8) is 0 Å². The number of hydrogen-bond donors (Lipinski definition) is 1. The third kappa shape index (κ3) is 3.46. The number of halogens is 3. The quantitative estimate of drug-likeness (QED) is 0.916. The van der Waals surface area contributed by atoms with Crippen molar-refractivity contribution in [3.8, 4) is 0 Å². The van der Waals surface area contributed by atoms with E-state index in [1.165, 1.54) is 12.1 Å². The largest absolute Gasteiger partial charge is 0.416 e.